The molecule has 110 valence electrons. The summed E-state index contributed by atoms with van der Waals surface area (Å²) in [6.07, 6.45) is 7.83. The third-order valence-corrected chi connectivity index (χ3v) is 4.37. The Bertz CT molecular complexity index is 271. The Hall–Kier alpha value is -0.610. The summed E-state index contributed by atoms with van der Waals surface area (Å²) in [5.74, 6) is 0.967. The van der Waals surface area contributed by atoms with Gasteiger partial charge in [-0.25, -0.2) is 0 Å². The van der Waals surface area contributed by atoms with Crippen LogP contribution in [0.4, 0.5) is 0 Å². The summed E-state index contributed by atoms with van der Waals surface area (Å²) in [5.41, 5.74) is 0. The maximum atomic E-state index is 12.1. The van der Waals surface area contributed by atoms with Crippen molar-refractivity contribution >= 4 is 5.91 Å². The maximum Gasteiger partial charge on any atom is 0.222 e. The quantitative estimate of drug-likeness (QED) is 0.826. The molecule has 4 heteroatoms. The van der Waals surface area contributed by atoms with E-state index in [0.717, 1.165) is 39.1 Å². The number of amides is 1. The molecule has 0 aromatic heterocycles. The summed E-state index contributed by atoms with van der Waals surface area (Å²) < 4.78 is 5.68. The molecule has 0 aromatic carbocycles. The lowest BCUT2D eigenvalue weighted by atomic mass is 9.97. The summed E-state index contributed by atoms with van der Waals surface area (Å²) in [6, 6.07) is 0. The van der Waals surface area contributed by atoms with E-state index < -0.39 is 0 Å². The molecule has 0 bridgehead atoms. The van der Waals surface area contributed by atoms with Gasteiger partial charge < -0.3 is 15.0 Å². The molecule has 19 heavy (non-hydrogen) atoms. The Morgan fingerprint density at radius 1 is 1.26 bits per heavy atom. The van der Waals surface area contributed by atoms with Gasteiger partial charge in [0.15, 0.2) is 0 Å². The molecule has 2 heterocycles. The first-order valence-corrected chi connectivity index (χ1v) is 7.82. The van der Waals surface area contributed by atoms with Gasteiger partial charge >= 0.3 is 0 Å². The smallest absolute Gasteiger partial charge is 0.222 e. The van der Waals surface area contributed by atoms with E-state index in [9.17, 15) is 4.79 Å². The second-order valence-electron chi connectivity index (χ2n) is 5.99. The van der Waals surface area contributed by atoms with Gasteiger partial charge in [-0.05, 0) is 57.5 Å². The third kappa shape index (κ3) is 5.11. The zero-order valence-electron chi connectivity index (χ0n) is 12.2. The molecule has 1 N–H and O–H groups in total. The fraction of sp³-hybridized carbons (Fsp3) is 0.933. The van der Waals surface area contributed by atoms with Crippen molar-refractivity contribution in [3.05, 3.63) is 0 Å². The van der Waals surface area contributed by atoms with Gasteiger partial charge in [0.2, 0.25) is 5.91 Å². The number of piperidine rings is 1. The monoisotopic (exact) mass is 268 g/mol. The number of nitrogens with zero attached hydrogens (tertiary/aromatic N) is 1. The number of rotatable bonds is 5. The van der Waals surface area contributed by atoms with Crippen LogP contribution < -0.4 is 5.32 Å². The fourth-order valence-corrected chi connectivity index (χ4v) is 3.06. The van der Waals surface area contributed by atoms with Crippen LogP contribution in [0.15, 0.2) is 0 Å². The highest BCUT2D eigenvalue weighted by molar-refractivity contribution is 5.75. The normalized spacial score (nSPS) is 25.2. The molecular formula is C15H28N2O2. The van der Waals surface area contributed by atoms with E-state index in [4.69, 9.17) is 4.74 Å². The van der Waals surface area contributed by atoms with Gasteiger partial charge in [0.1, 0.15) is 0 Å². The maximum absolute atomic E-state index is 12.1. The minimum absolute atomic E-state index is 0.285. The predicted octanol–water partition coefficient (Wildman–Crippen LogP) is 1.79. The number of carbonyl (C=O) groups excluding carboxylic acids is 1. The Labute approximate surface area is 116 Å². The lowest BCUT2D eigenvalue weighted by molar-refractivity contribution is -0.131. The van der Waals surface area contributed by atoms with E-state index in [1.165, 1.54) is 25.7 Å². The molecule has 2 fully saturated rings. The van der Waals surface area contributed by atoms with E-state index in [-0.39, 0.29) is 5.91 Å². The van der Waals surface area contributed by atoms with E-state index in [1.807, 2.05) is 11.9 Å². The summed E-state index contributed by atoms with van der Waals surface area (Å²) >= 11 is 0. The lowest BCUT2D eigenvalue weighted by Crippen LogP contribution is -2.37. The molecule has 4 nitrogen and oxygen atoms in total. The minimum Gasteiger partial charge on any atom is -0.378 e. The van der Waals surface area contributed by atoms with Gasteiger partial charge in [0.05, 0.1) is 6.10 Å². The number of hydrogen-bond donors (Lipinski definition) is 1. The first-order chi connectivity index (χ1) is 9.25. The van der Waals surface area contributed by atoms with Gasteiger partial charge in [0.25, 0.3) is 0 Å². The van der Waals surface area contributed by atoms with Crippen LogP contribution in [0.3, 0.4) is 0 Å². The number of ether oxygens (including phenoxy) is 1. The van der Waals surface area contributed by atoms with Crippen molar-refractivity contribution in [3.63, 3.8) is 0 Å². The molecule has 2 rings (SSSR count). The second-order valence-corrected chi connectivity index (χ2v) is 5.99. The zero-order chi connectivity index (χ0) is 13.5. The summed E-state index contributed by atoms with van der Waals surface area (Å²) in [7, 11) is 1.95. The van der Waals surface area contributed by atoms with Crippen LogP contribution in [0, 0.1) is 5.92 Å². The van der Waals surface area contributed by atoms with Gasteiger partial charge in [-0.2, -0.15) is 0 Å². The van der Waals surface area contributed by atoms with Crippen LogP contribution >= 0.6 is 0 Å². The highest BCUT2D eigenvalue weighted by Gasteiger charge is 2.20. The van der Waals surface area contributed by atoms with Gasteiger partial charge in [0, 0.05) is 26.6 Å². The second kappa shape index (κ2) is 7.85. The number of carbonyl (C=O) groups is 1. The molecule has 2 aliphatic heterocycles. The Balaban J connectivity index is 1.63. The highest BCUT2D eigenvalue weighted by Crippen LogP contribution is 2.18. The molecule has 2 saturated heterocycles. The average Bonchev–Trinajstić information content (AvgIpc) is 2.47. The highest BCUT2D eigenvalue weighted by atomic mass is 16.5. The third-order valence-electron chi connectivity index (χ3n) is 4.37. The van der Waals surface area contributed by atoms with Crippen LogP contribution in [0.25, 0.3) is 0 Å². The average molecular weight is 268 g/mol. The van der Waals surface area contributed by atoms with Crippen LogP contribution in [0.2, 0.25) is 0 Å². The van der Waals surface area contributed by atoms with E-state index in [1.54, 1.807) is 0 Å². The predicted molar refractivity (Wildman–Crippen MR) is 76.1 cm³/mol. The number of nitrogens with one attached hydrogen (secondary N) is 1. The molecule has 0 aliphatic carbocycles. The first kappa shape index (κ1) is 14.8. The molecule has 1 amide bonds. The fourth-order valence-electron chi connectivity index (χ4n) is 3.06. The van der Waals surface area contributed by atoms with Crippen LogP contribution in [-0.2, 0) is 9.53 Å². The molecule has 0 aromatic rings. The standard InChI is InChI=1S/C15H28N2O2/c1-17(12-13-7-9-16-10-8-13)15(18)6-5-14-4-2-3-11-19-14/h13-14,16H,2-12H2,1H3. The van der Waals surface area contributed by atoms with Crippen molar-refractivity contribution in [1.29, 1.82) is 0 Å². The largest absolute Gasteiger partial charge is 0.378 e. The van der Waals surface area contributed by atoms with Crippen molar-refractivity contribution in [3.8, 4) is 0 Å². The molecule has 1 atom stereocenters. The van der Waals surface area contributed by atoms with E-state index in [0.29, 0.717) is 18.4 Å². The number of hydrogen-bond acceptors (Lipinski definition) is 3. The van der Waals surface area contributed by atoms with Crippen molar-refractivity contribution in [2.45, 2.75) is 51.0 Å². The first-order valence-electron chi connectivity index (χ1n) is 7.82. The Morgan fingerprint density at radius 3 is 2.74 bits per heavy atom. The molecule has 2 aliphatic rings. The SMILES string of the molecule is CN(CC1CCNCC1)C(=O)CCC1CCCCO1. The van der Waals surface area contributed by atoms with Gasteiger partial charge in [-0.3, -0.25) is 4.79 Å². The minimum atomic E-state index is 0.285. The molecule has 1 unspecified atom stereocenters. The van der Waals surface area contributed by atoms with Crippen LogP contribution in [0.1, 0.15) is 44.9 Å². The summed E-state index contributed by atoms with van der Waals surface area (Å²) in [6.45, 7) is 4.00. The van der Waals surface area contributed by atoms with Crippen LogP contribution in [0.5, 0.6) is 0 Å². The van der Waals surface area contributed by atoms with Crippen molar-refractivity contribution < 1.29 is 9.53 Å². The van der Waals surface area contributed by atoms with Gasteiger partial charge in [-0.1, -0.05) is 0 Å². The van der Waals surface area contributed by atoms with Crippen LogP contribution in [-0.4, -0.2) is 50.2 Å². The van der Waals surface area contributed by atoms with Crippen molar-refractivity contribution in [1.82, 2.24) is 10.2 Å². The van der Waals surface area contributed by atoms with E-state index in [2.05, 4.69) is 5.32 Å². The van der Waals surface area contributed by atoms with Crippen molar-refractivity contribution in [2.24, 2.45) is 5.92 Å². The van der Waals surface area contributed by atoms with Gasteiger partial charge in [-0.15, -0.1) is 0 Å². The van der Waals surface area contributed by atoms with E-state index >= 15 is 0 Å². The molecule has 0 saturated carbocycles. The Morgan fingerprint density at radius 2 is 2.05 bits per heavy atom. The lowest BCUT2D eigenvalue weighted by Gasteiger charge is -2.28. The topological polar surface area (TPSA) is 41.6 Å². The summed E-state index contributed by atoms with van der Waals surface area (Å²) in [5, 5.41) is 3.37. The summed E-state index contributed by atoms with van der Waals surface area (Å²) in [4.78, 5) is 14.0. The molecular weight excluding hydrogens is 240 g/mol. The molecule has 0 radical (unpaired) electrons. The Kier molecular flexibility index (Phi) is 6.11. The zero-order valence-corrected chi connectivity index (χ0v) is 12.2. The van der Waals surface area contributed by atoms with Crippen molar-refractivity contribution in [2.75, 3.05) is 33.3 Å². The molecule has 0 spiro atoms.